The minimum absolute atomic E-state index is 0.0197. The number of para-hydroxylation sites is 1. The molecule has 2 amide bonds. The van der Waals surface area contributed by atoms with Crippen LogP contribution in [0.25, 0.3) is 5.00 Å². The quantitative estimate of drug-likeness (QED) is 0.495. The lowest BCUT2D eigenvalue weighted by Crippen LogP contribution is -2.37. The summed E-state index contributed by atoms with van der Waals surface area (Å²) in [5, 5.41) is 4.90. The van der Waals surface area contributed by atoms with Crippen LogP contribution in [0.4, 0.5) is 10.5 Å². The Bertz CT molecular complexity index is 1070. The van der Waals surface area contributed by atoms with E-state index in [1.807, 2.05) is 34.4 Å². The summed E-state index contributed by atoms with van der Waals surface area (Å²) in [6.07, 6.45) is 7.78. The van der Waals surface area contributed by atoms with Crippen LogP contribution in [-0.4, -0.2) is 15.5 Å². The normalized spacial score (nSPS) is 17.9. The lowest BCUT2D eigenvalue weighted by molar-refractivity contribution is 0.181. The highest BCUT2D eigenvalue weighted by Crippen LogP contribution is 2.43. The van der Waals surface area contributed by atoms with Crippen molar-refractivity contribution in [2.75, 3.05) is 5.32 Å². The average molecular weight is 426 g/mol. The molecule has 2 aromatic heterocycles. The number of rotatable bonds is 2. The summed E-state index contributed by atoms with van der Waals surface area (Å²) in [5.41, 5.74) is 4.64. The molecule has 3 heterocycles. The topological polar surface area (TPSA) is 37.3 Å². The van der Waals surface area contributed by atoms with Gasteiger partial charge < -0.3 is 14.8 Å². The van der Waals surface area contributed by atoms with Gasteiger partial charge in [0, 0.05) is 22.3 Å². The van der Waals surface area contributed by atoms with Gasteiger partial charge in [0.1, 0.15) is 5.00 Å². The van der Waals surface area contributed by atoms with Crippen LogP contribution in [0.5, 0.6) is 0 Å². The van der Waals surface area contributed by atoms with Gasteiger partial charge in [-0.3, -0.25) is 0 Å². The third kappa shape index (κ3) is 3.17. The maximum atomic E-state index is 13.4. The number of urea groups is 1. The van der Waals surface area contributed by atoms with Gasteiger partial charge in [-0.1, -0.05) is 30.7 Å². The number of amides is 2. The fraction of sp³-hybridized carbons (Fsp3) is 0.348. The molecular weight excluding hydrogens is 402 g/mol. The maximum Gasteiger partial charge on any atom is 0.322 e. The zero-order valence-corrected chi connectivity index (χ0v) is 18.0. The van der Waals surface area contributed by atoms with E-state index in [1.54, 1.807) is 6.07 Å². The molecule has 2 aliphatic rings. The minimum atomic E-state index is -0.0960. The molecule has 1 atom stereocenters. The summed E-state index contributed by atoms with van der Waals surface area (Å²) in [4.78, 5) is 16.9. The summed E-state index contributed by atoms with van der Waals surface area (Å²) in [5.74, 6) is 0. The highest BCUT2D eigenvalue weighted by atomic mass is 35.5. The molecule has 6 heteroatoms. The van der Waals surface area contributed by atoms with E-state index < -0.39 is 0 Å². The summed E-state index contributed by atoms with van der Waals surface area (Å²) in [6.45, 7) is 2.78. The predicted octanol–water partition coefficient (Wildman–Crippen LogP) is 6.57. The molecule has 1 aliphatic carbocycles. The first-order chi connectivity index (χ1) is 14.2. The molecule has 3 aromatic rings. The van der Waals surface area contributed by atoms with Gasteiger partial charge in [0.2, 0.25) is 0 Å². The van der Waals surface area contributed by atoms with E-state index in [1.165, 1.54) is 39.5 Å². The number of carbonyl (C=O) groups excluding carboxylic acids is 1. The van der Waals surface area contributed by atoms with Crippen molar-refractivity contribution in [2.45, 2.75) is 51.6 Å². The molecule has 0 bridgehead atoms. The first kappa shape index (κ1) is 18.8. The number of thiophene rings is 1. The Hall–Kier alpha value is -2.24. The molecular formula is C23H24ClN3OS. The van der Waals surface area contributed by atoms with Crippen LogP contribution in [-0.2, 0) is 19.4 Å². The lowest BCUT2D eigenvalue weighted by atomic mass is 9.95. The summed E-state index contributed by atoms with van der Waals surface area (Å²) < 4.78 is 2.31. The molecule has 0 fully saturated rings. The van der Waals surface area contributed by atoms with Gasteiger partial charge in [-0.15, -0.1) is 11.3 Å². The Morgan fingerprint density at radius 1 is 1.17 bits per heavy atom. The van der Waals surface area contributed by atoms with Crippen LogP contribution in [0.2, 0.25) is 5.02 Å². The van der Waals surface area contributed by atoms with Crippen LogP contribution < -0.4 is 5.32 Å². The third-order valence-corrected chi connectivity index (χ3v) is 7.73. The number of halogens is 1. The van der Waals surface area contributed by atoms with Gasteiger partial charge in [-0.25, -0.2) is 4.79 Å². The van der Waals surface area contributed by atoms with Gasteiger partial charge in [0.05, 0.1) is 23.3 Å². The Labute approximate surface area is 180 Å². The van der Waals surface area contributed by atoms with Crippen molar-refractivity contribution in [3.05, 3.63) is 69.3 Å². The minimum Gasteiger partial charge on any atom is -0.312 e. The molecule has 1 aliphatic heterocycles. The second-order valence-electron chi connectivity index (χ2n) is 7.76. The number of fused-ring (bicyclic) bond motifs is 5. The fourth-order valence-electron chi connectivity index (χ4n) is 4.66. The summed E-state index contributed by atoms with van der Waals surface area (Å²) in [7, 11) is 0. The largest absolute Gasteiger partial charge is 0.322 e. The van der Waals surface area contributed by atoms with Crippen molar-refractivity contribution < 1.29 is 4.79 Å². The molecule has 0 saturated carbocycles. The molecule has 0 unspecified atom stereocenters. The van der Waals surface area contributed by atoms with Crippen LogP contribution in [0.3, 0.4) is 0 Å². The average Bonchev–Trinajstić information content (AvgIpc) is 3.32. The number of benzene rings is 1. The predicted molar refractivity (Wildman–Crippen MR) is 119 cm³/mol. The molecule has 150 valence electrons. The van der Waals surface area contributed by atoms with E-state index in [9.17, 15) is 4.79 Å². The number of nitrogens with one attached hydrogen (secondary N) is 1. The number of carbonyl (C=O) groups is 1. The van der Waals surface area contributed by atoms with Crippen molar-refractivity contribution in [1.29, 1.82) is 0 Å². The molecule has 1 N–H and O–H groups in total. The number of hydrogen-bond donors (Lipinski definition) is 1. The molecule has 0 saturated heterocycles. The monoisotopic (exact) mass is 425 g/mol. The molecule has 0 spiro atoms. The highest BCUT2D eigenvalue weighted by Gasteiger charge is 2.34. The smallest absolute Gasteiger partial charge is 0.312 e. The van der Waals surface area contributed by atoms with Gasteiger partial charge >= 0.3 is 6.03 Å². The maximum absolute atomic E-state index is 13.4. The van der Waals surface area contributed by atoms with E-state index in [4.69, 9.17) is 11.6 Å². The Balaban J connectivity index is 1.58. The van der Waals surface area contributed by atoms with Crippen molar-refractivity contribution in [2.24, 2.45) is 0 Å². The van der Waals surface area contributed by atoms with Gasteiger partial charge in [-0.2, -0.15) is 0 Å². The second-order valence-corrected chi connectivity index (χ2v) is 9.25. The van der Waals surface area contributed by atoms with Gasteiger partial charge in [-0.05, 0) is 61.9 Å². The third-order valence-electron chi connectivity index (χ3n) is 6.07. The van der Waals surface area contributed by atoms with E-state index in [2.05, 4.69) is 35.1 Å². The van der Waals surface area contributed by atoms with E-state index in [0.717, 1.165) is 19.3 Å². The first-order valence-electron chi connectivity index (χ1n) is 10.3. The van der Waals surface area contributed by atoms with E-state index in [-0.39, 0.29) is 12.1 Å². The zero-order valence-electron chi connectivity index (χ0n) is 16.5. The molecule has 29 heavy (non-hydrogen) atoms. The number of aryl methyl sites for hydroxylation is 1. The van der Waals surface area contributed by atoms with Crippen LogP contribution in [0.15, 0.2) is 42.6 Å². The number of aromatic nitrogens is 1. The zero-order chi connectivity index (χ0) is 20.0. The highest BCUT2D eigenvalue weighted by molar-refractivity contribution is 7.15. The molecule has 4 nitrogen and oxygen atoms in total. The number of nitrogens with zero attached hydrogens (tertiary/aromatic N) is 2. The van der Waals surface area contributed by atoms with Crippen LogP contribution in [0, 0.1) is 0 Å². The van der Waals surface area contributed by atoms with E-state index in [0.29, 0.717) is 17.3 Å². The van der Waals surface area contributed by atoms with Crippen molar-refractivity contribution in [1.82, 2.24) is 9.47 Å². The Morgan fingerprint density at radius 2 is 2.00 bits per heavy atom. The Morgan fingerprint density at radius 3 is 2.83 bits per heavy atom. The SMILES string of the molecule is CC[C@H]1c2cccn2-c2sc3c(c2CN1C(=O)Nc1ccccc1Cl)CCCC3. The second kappa shape index (κ2) is 7.54. The van der Waals surface area contributed by atoms with Gasteiger partial charge in [0.25, 0.3) is 0 Å². The molecule has 5 rings (SSSR count). The molecule has 0 radical (unpaired) electrons. The van der Waals surface area contributed by atoms with Crippen LogP contribution >= 0.6 is 22.9 Å². The number of hydrogen-bond acceptors (Lipinski definition) is 2. The van der Waals surface area contributed by atoms with Crippen LogP contribution in [0.1, 0.15) is 53.9 Å². The first-order valence-corrected chi connectivity index (χ1v) is 11.5. The van der Waals surface area contributed by atoms with Crippen molar-refractivity contribution in [3.63, 3.8) is 0 Å². The number of anilines is 1. The van der Waals surface area contributed by atoms with Crippen molar-refractivity contribution in [3.8, 4) is 5.00 Å². The van der Waals surface area contributed by atoms with Crippen molar-refractivity contribution >= 4 is 34.7 Å². The fourth-order valence-corrected chi connectivity index (χ4v) is 6.24. The van der Waals surface area contributed by atoms with Gasteiger partial charge in [0.15, 0.2) is 0 Å². The summed E-state index contributed by atoms with van der Waals surface area (Å²) >= 11 is 8.21. The standard InChI is InChI=1S/C23H24ClN3OS/c1-2-19-20-11-7-13-26(20)22-16(15-8-3-6-12-21(15)29-22)14-27(19)23(28)25-18-10-5-4-9-17(18)24/h4-5,7,9-11,13,19H,2-3,6,8,12,14H2,1H3,(H,25,28)/t19-/m0/s1. The molecule has 1 aromatic carbocycles. The lowest BCUT2D eigenvalue weighted by Gasteiger charge is -2.30. The summed E-state index contributed by atoms with van der Waals surface area (Å²) in [6, 6.07) is 11.6. The van der Waals surface area contributed by atoms with E-state index >= 15 is 0 Å². The Kier molecular flexibility index (Phi) is 4.88.